The molecule has 1 aromatic heterocycles. The lowest BCUT2D eigenvalue weighted by molar-refractivity contribution is 0.102. The highest BCUT2D eigenvalue weighted by molar-refractivity contribution is 6.31. The molecule has 0 bridgehead atoms. The predicted molar refractivity (Wildman–Crippen MR) is 123 cm³/mol. The molecule has 0 aliphatic rings. The molecule has 1 N–H and O–H groups in total. The smallest absolute Gasteiger partial charge is 0.256 e. The lowest BCUT2D eigenvalue weighted by Gasteiger charge is -2.16. The van der Waals surface area contributed by atoms with Crippen LogP contribution < -0.4 is 10.1 Å². The molecule has 0 atom stereocenters. The number of rotatable bonds is 4. The first-order valence-corrected chi connectivity index (χ1v) is 10.0. The molecule has 0 aliphatic heterocycles. The zero-order valence-corrected chi connectivity index (χ0v) is 17.9. The number of ether oxygens (including phenoxy) is 1. The fraction of sp³-hybridized carbons (Fsp3) is 0.0833. The van der Waals surface area contributed by atoms with E-state index in [1.165, 1.54) is 0 Å². The fourth-order valence-corrected chi connectivity index (χ4v) is 3.75. The lowest BCUT2D eigenvalue weighted by Crippen LogP contribution is -2.16. The van der Waals surface area contributed by atoms with Gasteiger partial charge in [0.1, 0.15) is 5.75 Å². The third-order valence-corrected chi connectivity index (χ3v) is 5.38. The Bertz CT molecular complexity index is 1250. The van der Waals surface area contributed by atoms with Crippen molar-refractivity contribution >= 4 is 45.7 Å². The van der Waals surface area contributed by atoms with Gasteiger partial charge in [-0.3, -0.25) is 4.79 Å². The highest BCUT2D eigenvalue weighted by Gasteiger charge is 2.20. The van der Waals surface area contributed by atoms with Crippen molar-refractivity contribution in [3.63, 3.8) is 0 Å². The first-order valence-electron chi connectivity index (χ1n) is 9.28. The maximum atomic E-state index is 13.4. The molecule has 0 saturated heterocycles. The molecule has 30 heavy (non-hydrogen) atoms. The van der Waals surface area contributed by atoms with Gasteiger partial charge in [0.05, 0.1) is 29.6 Å². The monoisotopic (exact) mass is 436 g/mol. The first kappa shape index (κ1) is 20.2. The fourth-order valence-electron chi connectivity index (χ4n) is 3.45. The maximum Gasteiger partial charge on any atom is 0.256 e. The van der Waals surface area contributed by atoms with Gasteiger partial charge in [0.2, 0.25) is 0 Å². The van der Waals surface area contributed by atoms with Crippen LogP contribution in [0.25, 0.3) is 22.2 Å². The quantitative estimate of drug-likeness (QED) is 0.383. The number of nitrogens with zero attached hydrogens (tertiary/aromatic N) is 1. The summed E-state index contributed by atoms with van der Waals surface area (Å²) >= 11 is 12.2. The summed E-state index contributed by atoms with van der Waals surface area (Å²) in [6, 6.07) is 20.1. The summed E-state index contributed by atoms with van der Waals surface area (Å²) in [5, 5.41) is 4.86. The molecule has 4 nitrogen and oxygen atoms in total. The summed E-state index contributed by atoms with van der Waals surface area (Å²) in [4.78, 5) is 18.2. The molecule has 0 spiro atoms. The van der Waals surface area contributed by atoms with Gasteiger partial charge in [0.15, 0.2) is 0 Å². The molecule has 3 aromatic carbocycles. The number of pyridine rings is 1. The van der Waals surface area contributed by atoms with Crippen molar-refractivity contribution < 1.29 is 9.53 Å². The number of methoxy groups -OCH3 is 1. The molecule has 6 heteroatoms. The van der Waals surface area contributed by atoms with Gasteiger partial charge in [-0.25, -0.2) is 4.98 Å². The number of benzene rings is 3. The molecule has 0 unspecified atom stereocenters. The molecule has 0 aliphatic carbocycles. The maximum absolute atomic E-state index is 13.4. The summed E-state index contributed by atoms with van der Waals surface area (Å²) < 4.78 is 5.36. The van der Waals surface area contributed by atoms with E-state index in [9.17, 15) is 4.79 Å². The standard InChI is InChI=1S/C24H18Cl2N2O2/c1-14-22(24(29)28-20-13-17(26)11-12-21(20)30-2)18-5-3-4-6-19(18)27-23(14)15-7-9-16(25)10-8-15/h3-13H,1-2H3,(H,28,29). The topological polar surface area (TPSA) is 51.2 Å². The van der Waals surface area contributed by atoms with E-state index in [1.807, 2.05) is 55.5 Å². The van der Waals surface area contributed by atoms with Crippen molar-refractivity contribution in [2.24, 2.45) is 0 Å². The van der Waals surface area contributed by atoms with Crippen molar-refractivity contribution in [3.05, 3.63) is 87.9 Å². The number of aromatic nitrogens is 1. The van der Waals surface area contributed by atoms with Gasteiger partial charge in [0, 0.05) is 21.0 Å². The minimum absolute atomic E-state index is 0.262. The van der Waals surface area contributed by atoms with Crippen molar-refractivity contribution in [1.82, 2.24) is 4.98 Å². The zero-order chi connectivity index (χ0) is 21.3. The van der Waals surface area contributed by atoms with Crippen LogP contribution in [-0.2, 0) is 0 Å². The normalized spacial score (nSPS) is 10.8. The molecule has 0 radical (unpaired) electrons. The van der Waals surface area contributed by atoms with Crippen LogP contribution in [-0.4, -0.2) is 18.0 Å². The first-order chi connectivity index (χ1) is 14.5. The average Bonchev–Trinajstić information content (AvgIpc) is 2.74. The van der Waals surface area contributed by atoms with Crippen LogP contribution in [0, 0.1) is 6.92 Å². The molecular formula is C24H18Cl2N2O2. The molecule has 4 rings (SSSR count). The lowest BCUT2D eigenvalue weighted by atomic mass is 9.97. The van der Waals surface area contributed by atoms with E-state index in [4.69, 9.17) is 32.9 Å². The second-order valence-electron chi connectivity index (χ2n) is 6.78. The van der Waals surface area contributed by atoms with Gasteiger partial charge in [-0.05, 0) is 48.9 Å². The summed E-state index contributed by atoms with van der Waals surface area (Å²) in [5.41, 5.74) is 4.17. The molecule has 4 aromatic rings. The second-order valence-corrected chi connectivity index (χ2v) is 7.66. The van der Waals surface area contributed by atoms with Crippen LogP contribution in [0.3, 0.4) is 0 Å². The minimum atomic E-state index is -0.262. The van der Waals surface area contributed by atoms with Crippen molar-refractivity contribution in [1.29, 1.82) is 0 Å². The van der Waals surface area contributed by atoms with Gasteiger partial charge in [0.25, 0.3) is 5.91 Å². The van der Waals surface area contributed by atoms with E-state index in [0.717, 1.165) is 27.7 Å². The van der Waals surface area contributed by atoms with Gasteiger partial charge < -0.3 is 10.1 Å². The van der Waals surface area contributed by atoms with Gasteiger partial charge >= 0.3 is 0 Å². The number of anilines is 1. The van der Waals surface area contributed by atoms with Gasteiger partial charge in [-0.2, -0.15) is 0 Å². The zero-order valence-electron chi connectivity index (χ0n) is 16.4. The molecule has 1 heterocycles. The Labute approximate surface area is 184 Å². The average molecular weight is 437 g/mol. The number of amides is 1. The van der Waals surface area contributed by atoms with Gasteiger partial charge in [-0.15, -0.1) is 0 Å². The van der Waals surface area contributed by atoms with E-state index in [0.29, 0.717) is 27.0 Å². The summed E-state index contributed by atoms with van der Waals surface area (Å²) in [7, 11) is 1.55. The molecular weight excluding hydrogens is 419 g/mol. The van der Waals surface area contributed by atoms with Crippen LogP contribution in [0.4, 0.5) is 5.69 Å². The van der Waals surface area contributed by atoms with Crippen LogP contribution in [0.15, 0.2) is 66.7 Å². The number of para-hydroxylation sites is 1. The van der Waals surface area contributed by atoms with Crippen LogP contribution in [0.5, 0.6) is 5.75 Å². The number of halogens is 2. The molecule has 0 saturated carbocycles. The van der Waals surface area contributed by atoms with E-state index in [1.54, 1.807) is 25.3 Å². The molecule has 0 fully saturated rings. The van der Waals surface area contributed by atoms with E-state index in [2.05, 4.69) is 5.32 Å². The van der Waals surface area contributed by atoms with Crippen LogP contribution >= 0.6 is 23.2 Å². The van der Waals surface area contributed by atoms with Crippen LogP contribution in [0.1, 0.15) is 15.9 Å². The second kappa shape index (κ2) is 8.34. The largest absolute Gasteiger partial charge is 0.495 e. The third-order valence-electron chi connectivity index (χ3n) is 4.89. The third kappa shape index (κ3) is 3.84. The molecule has 150 valence electrons. The summed E-state index contributed by atoms with van der Waals surface area (Å²) in [5.74, 6) is 0.267. The number of hydrogen-bond acceptors (Lipinski definition) is 3. The highest BCUT2D eigenvalue weighted by atomic mass is 35.5. The molecule has 1 amide bonds. The van der Waals surface area contributed by atoms with E-state index < -0.39 is 0 Å². The predicted octanol–water partition coefficient (Wildman–Crippen LogP) is 6.78. The Kier molecular flexibility index (Phi) is 5.62. The number of carbonyl (C=O) groups is 1. The Balaban J connectivity index is 1.87. The number of hydrogen-bond donors (Lipinski definition) is 1. The Morgan fingerprint density at radius 1 is 0.967 bits per heavy atom. The highest BCUT2D eigenvalue weighted by Crippen LogP contribution is 2.33. The minimum Gasteiger partial charge on any atom is -0.495 e. The Morgan fingerprint density at radius 3 is 2.40 bits per heavy atom. The Morgan fingerprint density at radius 2 is 1.67 bits per heavy atom. The van der Waals surface area contributed by atoms with Crippen LogP contribution in [0.2, 0.25) is 10.0 Å². The van der Waals surface area contributed by atoms with E-state index >= 15 is 0 Å². The number of nitrogens with one attached hydrogen (secondary N) is 1. The SMILES string of the molecule is COc1ccc(Cl)cc1NC(=O)c1c(C)c(-c2ccc(Cl)cc2)nc2ccccc12. The number of fused-ring (bicyclic) bond motifs is 1. The summed E-state index contributed by atoms with van der Waals surface area (Å²) in [6.45, 7) is 1.90. The van der Waals surface area contributed by atoms with E-state index in [-0.39, 0.29) is 5.91 Å². The summed E-state index contributed by atoms with van der Waals surface area (Å²) in [6.07, 6.45) is 0. The van der Waals surface area contributed by atoms with Gasteiger partial charge in [-0.1, -0.05) is 53.5 Å². The van der Waals surface area contributed by atoms with Crippen molar-refractivity contribution in [3.8, 4) is 17.0 Å². The Hall–Kier alpha value is -3.08. The van der Waals surface area contributed by atoms with Crippen molar-refractivity contribution in [2.45, 2.75) is 6.92 Å². The van der Waals surface area contributed by atoms with Crippen molar-refractivity contribution in [2.75, 3.05) is 12.4 Å². The number of carbonyl (C=O) groups excluding carboxylic acids is 1.